The molecule has 0 aromatic rings. The molecule has 0 saturated carbocycles. The van der Waals surface area contributed by atoms with Crippen LogP contribution in [0.4, 0.5) is 0 Å². The smallest absolute Gasteiger partial charge is 0.140 e. The number of Topliss-reactive ketones (excluding diaryl/α,β-unsaturated/α-hetero) is 1. The number of ketones is 1. The Morgan fingerprint density at radius 2 is 1.81 bits per heavy atom. The van der Waals surface area contributed by atoms with E-state index in [0.29, 0.717) is 13.0 Å². The van der Waals surface area contributed by atoms with Gasteiger partial charge in [0.2, 0.25) is 0 Å². The third-order valence-corrected chi connectivity index (χ3v) is 2.63. The second-order valence-corrected chi connectivity index (χ2v) is 5.24. The molecular formula is C14H26O2. The van der Waals surface area contributed by atoms with Crippen molar-refractivity contribution in [1.29, 1.82) is 0 Å². The molecular weight excluding hydrogens is 200 g/mol. The minimum atomic E-state index is -0.236. The lowest BCUT2D eigenvalue weighted by molar-refractivity contribution is -0.127. The van der Waals surface area contributed by atoms with E-state index in [2.05, 4.69) is 13.5 Å². The second-order valence-electron chi connectivity index (χ2n) is 5.24. The number of carbonyl (C=O) groups is 1. The van der Waals surface area contributed by atoms with Gasteiger partial charge in [0.1, 0.15) is 5.78 Å². The topological polar surface area (TPSA) is 26.3 Å². The van der Waals surface area contributed by atoms with Gasteiger partial charge in [0.05, 0.1) is 6.61 Å². The first-order valence-corrected chi connectivity index (χ1v) is 6.15. The van der Waals surface area contributed by atoms with Crippen molar-refractivity contribution >= 4 is 5.78 Å². The first-order valence-electron chi connectivity index (χ1n) is 6.15. The predicted octanol–water partition coefficient (Wildman–Crippen LogP) is 3.75. The van der Waals surface area contributed by atoms with E-state index in [4.69, 9.17) is 4.74 Å². The summed E-state index contributed by atoms with van der Waals surface area (Å²) in [5.41, 5.74) is 1.04. The maximum absolute atomic E-state index is 11.6. The van der Waals surface area contributed by atoms with Crippen LogP contribution in [-0.4, -0.2) is 19.0 Å². The van der Waals surface area contributed by atoms with Gasteiger partial charge in [-0.25, -0.2) is 0 Å². The SMILES string of the molecule is C=C(CC)CCCOCCC(=O)C(C)(C)C. The van der Waals surface area contributed by atoms with E-state index in [1.165, 1.54) is 5.57 Å². The van der Waals surface area contributed by atoms with Crippen molar-refractivity contribution in [2.24, 2.45) is 5.41 Å². The van der Waals surface area contributed by atoms with Crippen molar-refractivity contribution < 1.29 is 9.53 Å². The second kappa shape index (κ2) is 7.61. The standard InChI is InChI=1S/C14H26O2/c1-6-12(2)8-7-10-16-11-9-13(15)14(3,4)5/h2,6-11H2,1,3-5H3. The van der Waals surface area contributed by atoms with E-state index in [0.717, 1.165) is 25.9 Å². The predicted molar refractivity (Wildman–Crippen MR) is 68.6 cm³/mol. The monoisotopic (exact) mass is 226 g/mol. The van der Waals surface area contributed by atoms with Crippen LogP contribution in [0.2, 0.25) is 0 Å². The Morgan fingerprint density at radius 1 is 1.19 bits per heavy atom. The van der Waals surface area contributed by atoms with Gasteiger partial charge in [-0.3, -0.25) is 4.79 Å². The number of hydrogen-bond acceptors (Lipinski definition) is 2. The lowest BCUT2D eigenvalue weighted by Crippen LogP contribution is -2.21. The van der Waals surface area contributed by atoms with Crippen molar-refractivity contribution in [2.75, 3.05) is 13.2 Å². The highest BCUT2D eigenvalue weighted by atomic mass is 16.5. The zero-order chi connectivity index (χ0) is 12.6. The summed E-state index contributed by atoms with van der Waals surface area (Å²) in [5, 5.41) is 0. The molecule has 0 aliphatic carbocycles. The quantitative estimate of drug-likeness (QED) is 0.465. The number of allylic oxidation sites excluding steroid dienone is 1. The highest BCUT2D eigenvalue weighted by Crippen LogP contribution is 2.16. The summed E-state index contributed by atoms with van der Waals surface area (Å²) in [6.07, 6.45) is 3.61. The summed E-state index contributed by atoms with van der Waals surface area (Å²) >= 11 is 0. The highest BCUT2D eigenvalue weighted by Gasteiger charge is 2.20. The van der Waals surface area contributed by atoms with Crippen molar-refractivity contribution in [3.05, 3.63) is 12.2 Å². The maximum atomic E-state index is 11.6. The molecule has 0 aliphatic rings. The lowest BCUT2D eigenvalue weighted by Gasteiger charge is -2.16. The highest BCUT2D eigenvalue weighted by molar-refractivity contribution is 5.83. The summed E-state index contributed by atoms with van der Waals surface area (Å²) in [7, 11) is 0. The first-order chi connectivity index (χ1) is 7.38. The molecule has 94 valence electrons. The molecule has 0 heterocycles. The van der Waals surface area contributed by atoms with Gasteiger partial charge in [-0.15, -0.1) is 0 Å². The molecule has 0 aromatic heterocycles. The molecule has 2 nitrogen and oxygen atoms in total. The van der Waals surface area contributed by atoms with Crippen molar-refractivity contribution in [1.82, 2.24) is 0 Å². The summed E-state index contributed by atoms with van der Waals surface area (Å²) < 4.78 is 5.43. The number of hydrogen-bond donors (Lipinski definition) is 0. The Bertz CT molecular complexity index is 223. The summed E-state index contributed by atoms with van der Waals surface area (Å²) in [5.74, 6) is 0.269. The molecule has 0 atom stereocenters. The molecule has 0 bridgehead atoms. The molecule has 0 spiro atoms. The van der Waals surface area contributed by atoms with E-state index < -0.39 is 0 Å². The Hall–Kier alpha value is -0.630. The molecule has 0 radical (unpaired) electrons. The van der Waals surface area contributed by atoms with Crippen molar-refractivity contribution in [3.63, 3.8) is 0 Å². The molecule has 0 amide bonds. The molecule has 2 heteroatoms. The molecule has 0 rings (SSSR count). The van der Waals surface area contributed by atoms with E-state index in [-0.39, 0.29) is 11.2 Å². The van der Waals surface area contributed by atoms with Gasteiger partial charge >= 0.3 is 0 Å². The van der Waals surface area contributed by atoms with Gasteiger partial charge in [-0.1, -0.05) is 39.8 Å². The molecule has 16 heavy (non-hydrogen) atoms. The fourth-order valence-corrected chi connectivity index (χ4v) is 1.24. The fourth-order valence-electron chi connectivity index (χ4n) is 1.24. The third-order valence-electron chi connectivity index (χ3n) is 2.63. The fraction of sp³-hybridized carbons (Fsp3) is 0.786. The summed E-state index contributed by atoms with van der Waals surface area (Å²) in [6.45, 7) is 13.2. The largest absolute Gasteiger partial charge is 0.381 e. The average Bonchev–Trinajstić information content (AvgIpc) is 2.20. The Kier molecular flexibility index (Phi) is 7.31. The summed E-state index contributed by atoms with van der Waals surface area (Å²) in [6, 6.07) is 0. The van der Waals surface area contributed by atoms with Crippen LogP contribution in [-0.2, 0) is 9.53 Å². The van der Waals surface area contributed by atoms with Crippen LogP contribution >= 0.6 is 0 Å². The van der Waals surface area contributed by atoms with Crippen molar-refractivity contribution in [2.45, 2.75) is 53.4 Å². The number of ether oxygens (including phenoxy) is 1. The minimum absolute atomic E-state index is 0.236. The lowest BCUT2D eigenvalue weighted by atomic mass is 9.89. The maximum Gasteiger partial charge on any atom is 0.140 e. The van der Waals surface area contributed by atoms with Gasteiger partial charge in [0.15, 0.2) is 0 Å². The first kappa shape index (κ1) is 15.4. The van der Waals surface area contributed by atoms with E-state index in [1.807, 2.05) is 20.8 Å². The van der Waals surface area contributed by atoms with Gasteiger partial charge in [-0.05, 0) is 19.3 Å². The van der Waals surface area contributed by atoms with Crippen LogP contribution in [0.1, 0.15) is 53.4 Å². The molecule has 0 unspecified atom stereocenters. The third kappa shape index (κ3) is 7.63. The van der Waals surface area contributed by atoms with Crippen LogP contribution in [0.3, 0.4) is 0 Å². The Labute approximate surface area is 100 Å². The molecule has 0 fully saturated rings. The van der Waals surface area contributed by atoms with Gasteiger partial charge in [0, 0.05) is 18.4 Å². The average molecular weight is 226 g/mol. The molecule has 0 aromatic carbocycles. The zero-order valence-electron chi connectivity index (χ0n) is 11.3. The molecule has 0 N–H and O–H groups in total. The molecule has 0 saturated heterocycles. The van der Waals surface area contributed by atoms with E-state index in [1.54, 1.807) is 0 Å². The van der Waals surface area contributed by atoms with Gasteiger partial charge in [-0.2, -0.15) is 0 Å². The van der Waals surface area contributed by atoms with Gasteiger partial charge < -0.3 is 4.74 Å². The van der Waals surface area contributed by atoms with Crippen LogP contribution in [0.5, 0.6) is 0 Å². The normalized spacial score (nSPS) is 11.5. The Balaban J connectivity index is 3.41. The number of rotatable bonds is 8. The van der Waals surface area contributed by atoms with Crippen LogP contribution in [0.25, 0.3) is 0 Å². The van der Waals surface area contributed by atoms with E-state index in [9.17, 15) is 4.79 Å². The van der Waals surface area contributed by atoms with Crippen molar-refractivity contribution in [3.8, 4) is 0 Å². The van der Waals surface area contributed by atoms with Gasteiger partial charge in [0.25, 0.3) is 0 Å². The van der Waals surface area contributed by atoms with Crippen LogP contribution in [0.15, 0.2) is 12.2 Å². The zero-order valence-corrected chi connectivity index (χ0v) is 11.3. The van der Waals surface area contributed by atoms with Crippen LogP contribution < -0.4 is 0 Å². The Morgan fingerprint density at radius 3 is 2.31 bits per heavy atom. The van der Waals surface area contributed by atoms with E-state index >= 15 is 0 Å². The number of carbonyl (C=O) groups excluding carboxylic acids is 1. The summed E-state index contributed by atoms with van der Waals surface area (Å²) in [4.78, 5) is 11.6. The van der Waals surface area contributed by atoms with Crippen LogP contribution in [0, 0.1) is 5.41 Å². The minimum Gasteiger partial charge on any atom is -0.381 e. The molecule has 0 aliphatic heterocycles.